The van der Waals surface area contributed by atoms with Gasteiger partial charge in [0.25, 0.3) is 5.97 Å². The molecule has 0 bridgehead atoms. The summed E-state index contributed by atoms with van der Waals surface area (Å²) >= 11 is 0. The van der Waals surface area contributed by atoms with E-state index in [9.17, 15) is 9.59 Å². The van der Waals surface area contributed by atoms with Gasteiger partial charge in [-0.25, -0.2) is 4.79 Å². The van der Waals surface area contributed by atoms with Crippen molar-refractivity contribution in [2.45, 2.75) is 73.1 Å². The van der Waals surface area contributed by atoms with E-state index < -0.39 is 17.9 Å². The van der Waals surface area contributed by atoms with Gasteiger partial charge < -0.3 is 19.5 Å². The highest BCUT2D eigenvalue weighted by Gasteiger charge is 2.24. The van der Waals surface area contributed by atoms with Gasteiger partial charge in [0.2, 0.25) is 0 Å². The van der Waals surface area contributed by atoms with Crippen LogP contribution >= 0.6 is 0 Å². The number of carboxylic acids is 1. The van der Waals surface area contributed by atoms with Crippen LogP contribution in [0.4, 0.5) is 5.69 Å². The Kier molecular flexibility index (Phi) is 15.9. The molecule has 0 saturated heterocycles. The quantitative estimate of drug-likeness (QED) is 0.150. The molecule has 1 aliphatic rings. The predicted molar refractivity (Wildman–Crippen MR) is 157 cm³/mol. The number of hydrogen-bond donors (Lipinski definition) is 1. The van der Waals surface area contributed by atoms with Crippen LogP contribution in [0.1, 0.15) is 81.3 Å². The number of carboxylic acid groups (broad SMARTS) is 1. The molecule has 1 N–H and O–H groups in total. The van der Waals surface area contributed by atoms with Crippen LogP contribution in [0.15, 0.2) is 55.1 Å². The van der Waals surface area contributed by atoms with Crippen LogP contribution in [0.25, 0.3) is 0 Å². The first-order chi connectivity index (χ1) is 18.7. The first-order valence-electron chi connectivity index (χ1n) is 13.8. The van der Waals surface area contributed by atoms with E-state index >= 15 is 0 Å². The number of carbonyl (C=O) groups is 3. The van der Waals surface area contributed by atoms with Gasteiger partial charge in [0.05, 0.1) is 17.9 Å². The van der Waals surface area contributed by atoms with Gasteiger partial charge in [-0.15, -0.1) is 6.58 Å². The minimum Gasteiger partial charge on any atom is -0.491 e. The second-order valence-electron chi connectivity index (χ2n) is 9.37. The van der Waals surface area contributed by atoms with Crippen molar-refractivity contribution in [2.24, 2.45) is 5.92 Å². The summed E-state index contributed by atoms with van der Waals surface area (Å²) in [6.07, 6.45) is 8.28. The van der Waals surface area contributed by atoms with E-state index in [1.54, 1.807) is 12.1 Å². The van der Waals surface area contributed by atoms with Crippen molar-refractivity contribution in [3.05, 3.63) is 71.8 Å². The first kappa shape index (κ1) is 33.4. The van der Waals surface area contributed by atoms with Gasteiger partial charge in [-0.1, -0.05) is 49.8 Å². The molecule has 1 unspecified atom stereocenters. The number of carbonyl (C=O) groups excluding carboxylic acids is 2. The average molecular weight is 540 g/mol. The fourth-order valence-corrected chi connectivity index (χ4v) is 4.31. The molecule has 7 nitrogen and oxygen atoms in total. The molecule has 39 heavy (non-hydrogen) atoms. The molecule has 0 radical (unpaired) electrons. The predicted octanol–water partition coefficient (Wildman–Crippen LogP) is 7.01. The highest BCUT2D eigenvalue weighted by atomic mass is 16.6. The summed E-state index contributed by atoms with van der Waals surface area (Å²) in [5.41, 5.74) is 3.93. The van der Waals surface area contributed by atoms with Gasteiger partial charge in [-0.05, 0) is 69.2 Å². The summed E-state index contributed by atoms with van der Waals surface area (Å²) in [4.78, 5) is 34.8. The van der Waals surface area contributed by atoms with Crippen molar-refractivity contribution in [1.29, 1.82) is 0 Å². The van der Waals surface area contributed by atoms with Crippen LogP contribution in [0.3, 0.4) is 0 Å². The molecule has 0 spiro atoms. The Morgan fingerprint density at radius 1 is 1.10 bits per heavy atom. The van der Waals surface area contributed by atoms with E-state index in [2.05, 4.69) is 42.7 Å². The van der Waals surface area contributed by atoms with Gasteiger partial charge >= 0.3 is 11.9 Å². The van der Waals surface area contributed by atoms with Crippen molar-refractivity contribution in [3.8, 4) is 5.75 Å². The van der Waals surface area contributed by atoms with E-state index in [1.165, 1.54) is 18.1 Å². The van der Waals surface area contributed by atoms with Crippen LogP contribution in [-0.4, -0.2) is 42.7 Å². The summed E-state index contributed by atoms with van der Waals surface area (Å²) in [6, 6.07) is 14.0. The molecular formula is C32H45NO6. The highest BCUT2D eigenvalue weighted by Crippen LogP contribution is 2.34. The summed E-state index contributed by atoms with van der Waals surface area (Å²) in [5, 5.41) is 7.42. The third-order valence-electron chi connectivity index (χ3n) is 5.97. The Bertz CT molecular complexity index is 1060. The monoisotopic (exact) mass is 539 g/mol. The highest BCUT2D eigenvalue weighted by molar-refractivity contribution is 5.97. The van der Waals surface area contributed by atoms with E-state index in [0.717, 1.165) is 70.0 Å². The Labute approximate surface area is 233 Å². The Balaban J connectivity index is 0.00000116. The molecule has 1 heterocycles. The molecule has 214 valence electrons. The van der Waals surface area contributed by atoms with Crippen molar-refractivity contribution < 1.29 is 29.0 Å². The molecule has 1 aliphatic heterocycles. The topological polar surface area (TPSA) is 93.1 Å². The molecule has 0 amide bonds. The Hall–Kier alpha value is -3.61. The molecule has 0 saturated carbocycles. The molecule has 2 aromatic rings. The molecule has 0 fully saturated rings. The number of aliphatic carboxylic acids is 1. The minimum atomic E-state index is -0.833. The van der Waals surface area contributed by atoms with Gasteiger partial charge in [0.1, 0.15) is 5.75 Å². The first-order valence-corrected chi connectivity index (χ1v) is 13.8. The summed E-state index contributed by atoms with van der Waals surface area (Å²) in [7, 11) is 0. The lowest BCUT2D eigenvalue weighted by molar-refractivity contribution is -0.136. The zero-order valence-electron chi connectivity index (χ0n) is 24.2. The van der Waals surface area contributed by atoms with Gasteiger partial charge in [-0.3, -0.25) is 9.59 Å². The smallest absolute Gasteiger partial charge is 0.345 e. The van der Waals surface area contributed by atoms with Crippen molar-refractivity contribution >= 4 is 23.6 Å². The largest absolute Gasteiger partial charge is 0.491 e. The lowest BCUT2D eigenvalue weighted by atomic mass is 9.98. The minimum absolute atomic E-state index is 0.363. The molecular weight excluding hydrogens is 494 g/mol. The van der Waals surface area contributed by atoms with Crippen LogP contribution in [0.5, 0.6) is 5.75 Å². The third kappa shape index (κ3) is 13.1. The van der Waals surface area contributed by atoms with Gasteiger partial charge in [0, 0.05) is 32.9 Å². The number of hydrogen-bond acceptors (Lipinski definition) is 6. The fraction of sp³-hybridized carbons (Fsp3) is 0.469. The SMILES string of the molecule is C=CCCCCN1CC(CCCc2cccc(C)c2)COc2ccc(C(=O)OC(C)=O)cc21.CC.CC(=O)O. The Morgan fingerprint density at radius 3 is 2.46 bits per heavy atom. The second kappa shape index (κ2) is 18.6. The lowest BCUT2D eigenvalue weighted by Gasteiger charge is -2.27. The molecule has 3 rings (SSSR count). The Morgan fingerprint density at radius 2 is 1.82 bits per heavy atom. The molecule has 2 aromatic carbocycles. The number of allylic oxidation sites excluding steroid dienone is 1. The average Bonchev–Trinajstić information content (AvgIpc) is 3.06. The number of benzene rings is 2. The fourth-order valence-electron chi connectivity index (χ4n) is 4.31. The van der Waals surface area contributed by atoms with E-state index in [4.69, 9.17) is 19.4 Å². The number of anilines is 1. The van der Waals surface area contributed by atoms with Crippen molar-refractivity contribution in [3.63, 3.8) is 0 Å². The normalized spacial score (nSPS) is 13.7. The van der Waals surface area contributed by atoms with Crippen molar-refractivity contribution in [1.82, 2.24) is 0 Å². The number of aryl methyl sites for hydroxylation is 2. The lowest BCUT2D eigenvalue weighted by Crippen LogP contribution is -2.31. The summed E-state index contributed by atoms with van der Waals surface area (Å²) < 4.78 is 11.0. The van der Waals surface area contributed by atoms with Crippen LogP contribution in [0, 0.1) is 12.8 Å². The van der Waals surface area contributed by atoms with Gasteiger partial charge in [0.15, 0.2) is 0 Å². The van der Waals surface area contributed by atoms with E-state index in [0.29, 0.717) is 18.1 Å². The zero-order valence-corrected chi connectivity index (χ0v) is 24.2. The summed E-state index contributed by atoms with van der Waals surface area (Å²) in [6.45, 7) is 14.7. The molecule has 7 heteroatoms. The number of esters is 2. The van der Waals surface area contributed by atoms with E-state index in [-0.39, 0.29) is 0 Å². The molecule has 0 aliphatic carbocycles. The van der Waals surface area contributed by atoms with E-state index in [1.807, 2.05) is 26.0 Å². The molecule has 1 atom stereocenters. The number of unbranched alkanes of at least 4 members (excludes halogenated alkanes) is 2. The van der Waals surface area contributed by atoms with Crippen LogP contribution < -0.4 is 9.64 Å². The zero-order chi connectivity index (χ0) is 29.2. The number of rotatable bonds is 10. The van der Waals surface area contributed by atoms with Crippen LogP contribution in [0.2, 0.25) is 0 Å². The van der Waals surface area contributed by atoms with Crippen molar-refractivity contribution in [2.75, 3.05) is 24.6 Å². The number of fused-ring (bicyclic) bond motifs is 1. The summed E-state index contributed by atoms with van der Waals surface area (Å²) in [5.74, 6) is -0.898. The third-order valence-corrected chi connectivity index (χ3v) is 5.97. The molecule has 0 aromatic heterocycles. The maximum Gasteiger partial charge on any atom is 0.345 e. The maximum absolute atomic E-state index is 12.3. The number of ether oxygens (including phenoxy) is 2. The number of nitrogens with zero attached hydrogens (tertiary/aromatic N) is 1. The standard InChI is InChI=1S/C28H35NO4.C2H4O2.C2H6/c1-4-5-6-7-16-29-19-24(13-9-12-23-11-8-10-21(2)17-23)20-32-27-15-14-25(18-26(27)29)28(31)33-22(3)30;1-2(3)4;1-2/h4,8,10-11,14-15,17-18,24H,1,5-7,9,12-13,16,19-20H2,2-3H3;1H3,(H,3,4);1-2H3. The second-order valence-corrected chi connectivity index (χ2v) is 9.37. The maximum atomic E-state index is 12.3. The van der Waals surface area contributed by atoms with Gasteiger partial charge in [-0.2, -0.15) is 0 Å². The van der Waals surface area contributed by atoms with Crippen LogP contribution in [-0.2, 0) is 20.7 Å².